The van der Waals surface area contributed by atoms with E-state index in [0.717, 1.165) is 25.7 Å². The first-order chi connectivity index (χ1) is 10.6. The fourth-order valence-electron chi connectivity index (χ4n) is 3.50. The number of hydrogen-bond donors (Lipinski definition) is 1. The molecule has 2 aliphatic rings. The number of hydrogen-bond acceptors (Lipinski definition) is 4. The molecule has 5 nitrogen and oxygen atoms in total. The predicted octanol–water partition coefficient (Wildman–Crippen LogP) is 4.08. The second-order valence-corrected chi connectivity index (χ2v) is 6.02. The number of ketones is 1. The summed E-state index contributed by atoms with van der Waals surface area (Å²) in [7, 11) is 0. The molecule has 0 aliphatic heterocycles. The van der Waals surface area contributed by atoms with E-state index in [1.54, 1.807) is 0 Å². The largest absolute Gasteiger partial charge is 0.309 e. The summed E-state index contributed by atoms with van der Waals surface area (Å²) in [4.78, 5) is 22.6. The van der Waals surface area contributed by atoms with Crippen molar-refractivity contribution in [1.82, 2.24) is 0 Å². The molecule has 0 saturated carbocycles. The number of benzene rings is 1. The topological polar surface area (TPSA) is 84.1 Å². The second kappa shape index (κ2) is 5.83. The number of nitrogens with one attached hydrogen (secondary N) is 1. The first kappa shape index (κ1) is 14.6. The van der Waals surface area contributed by atoms with Crippen LogP contribution in [0, 0.1) is 21.4 Å². The molecule has 3 rings (SSSR count). The van der Waals surface area contributed by atoms with Gasteiger partial charge in [-0.15, -0.1) is 0 Å². The van der Waals surface area contributed by atoms with Crippen LogP contribution in [-0.2, 0) is 0 Å². The summed E-state index contributed by atoms with van der Waals surface area (Å²) in [5.41, 5.74) is 3.82. The van der Waals surface area contributed by atoms with Gasteiger partial charge in [0.25, 0.3) is 5.69 Å². The van der Waals surface area contributed by atoms with Crippen molar-refractivity contribution in [3.05, 3.63) is 51.1 Å². The molecule has 1 N–H and O–H groups in total. The number of Topliss-reactive ketones (excluding diaryl/α,β-unsaturated/α-hetero) is 1. The third-order valence-corrected chi connectivity index (χ3v) is 4.66. The number of carbonyl (C=O) groups is 1. The summed E-state index contributed by atoms with van der Waals surface area (Å²) in [6.45, 7) is 0. The van der Waals surface area contributed by atoms with Crippen molar-refractivity contribution in [1.29, 1.82) is 5.41 Å². The number of allylic oxidation sites excluding steroid dienone is 2. The van der Waals surface area contributed by atoms with Gasteiger partial charge in [0, 0.05) is 42.2 Å². The van der Waals surface area contributed by atoms with E-state index >= 15 is 0 Å². The van der Waals surface area contributed by atoms with Gasteiger partial charge in [0.2, 0.25) is 0 Å². The van der Waals surface area contributed by atoms with Crippen molar-refractivity contribution in [2.45, 2.75) is 38.5 Å². The lowest BCUT2D eigenvalue weighted by Gasteiger charge is -2.18. The molecular formula is C17H18N2O3. The molecule has 0 amide bonds. The van der Waals surface area contributed by atoms with Gasteiger partial charge < -0.3 is 5.41 Å². The molecule has 0 saturated heterocycles. The van der Waals surface area contributed by atoms with E-state index < -0.39 is 4.92 Å². The first-order valence-electron chi connectivity index (χ1n) is 7.62. The van der Waals surface area contributed by atoms with Crippen LogP contribution in [0.1, 0.15) is 48.9 Å². The highest BCUT2D eigenvalue weighted by Crippen LogP contribution is 2.41. The number of nitro groups is 1. The molecule has 0 fully saturated rings. The quantitative estimate of drug-likeness (QED) is 0.393. The predicted molar refractivity (Wildman–Crippen MR) is 83.4 cm³/mol. The van der Waals surface area contributed by atoms with Crippen LogP contribution in [0.3, 0.4) is 0 Å². The Morgan fingerprint density at radius 2 is 1.91 bits per heavy atom. The Bertz CT molecular complexity index is 674. The lowest BCUT2D eigenvalue weighted by molar-refractivity contribution is -0.384. The molecule has 1 unspecified atom stereocenters. The van der Waals surface area contributed by atoms with E-state index in [1.807, 2.05) is 0 Å². The molecule has 5 heteroatoms. The zero-order chi connectivity index (χ0) is 15.7. The van der Waals surface area contributed by atoms with Crippen LogP contribution in [0.5, 0.6) is 0 Å². The van der Waals surface area contributed by atoms with E-state index in [2.05, 4.69) is 0 Å². The molecule has 2 aliphatic carbocycles. The molecule has 0 radical (unpaired) electrons. The molecule has 0 heterocycles. The summed E-state index contributed by atoms with van der Waals surface area (Å²) in [6.07, 6.45) is 5.46. The lowest BCUT2D eigenvalue weighted by Crippen LogP contribution is -2.16. The number of nitro benzene ring substituents is 1. The maximum atomic E-state index is 12.4. The molecule has 1 aromatic carbocycles. The molecular weight excluding hydrogens is 280 g/mol. The molecule has 1 aromatic rings. The minimum atomic E-state index is -0.472. The van der Waals surface area contributed by atoms with E-state index in [4.69, 9.17) is 5.41 Å². The minimum absolute atomic E-state index is 0.0116. The molecule has 22 heavy (non-hydrogen) atoms. The van der Waals surface area contributed by atoms with Gasteiger partial charge in [-0.3, -0.25) is 14.9 Å². The van der Waals surface area contributed by atoms with Crippen LogP contribution in [0.15, 0.2) is 35.4 Å². The Labute approximate surface area is 128 Å². The Kier molecular flexibility index (Phi) is 3.88. The van der Waals surface area contributed by atoms with E-state index in [0.29, 0.717) is 17.7 Å². The van der Waals surface area contributed by atoms with Gasteiger partial charge in [0.1, 0.15) is 0 Å². The third kappa shape index (κ3) is 2.71. The highest BCUT2D eigenvalue weighted by atomic mass is 16.6. The fourth-order valence-corrected chi connectivity index (χ4v) is 3.50. The summed E-state index contributed by atoms with van der Waals surface area (Å²) < 4.78 is 0. The standard InChI is InChI=1S/C17H18N2O3/c18-16-9-12-3-1-2-4-14(12)15(16)10-17(20)11-5-7-13(8-6-11)19(21)22/h5-8,15,18H,1-4,9-10H2. The van der Waals surface area contributed by atoms with Crippen LogP contribution in [0.4, 0.5) is 5.69 Å². The Morgan fingerprint density at radius 3 is 2.59 bits per heavy atom. The highest BCUT2D eigenvalue weighted by molar-refractivity contribution is 6.02. The number of non-ortho nitro benzene ring substituents is 1. The Morgan fingerprint density at radius 1 is 1.23 bits per heavy atom. The van der Waals surface area contributed by atoms with Gasteiger partial charge in [-0.05, 0) is 37.8 Å². The Balaban J connectivity index is 1.75. The smallest absolute Gasteiger partial charge is 0.269 e. The van der Waals surface area contributed by atoms with Crippen molar-refractivity contribution < 1.29 is 9.72 Å². The monoisotopic (exact) mass is 298 g/mol. The van der Waals surface area contributed by atoms with Gasteiger partial charge in [0.05, 0.1) is 4.92 Å². The van der Waals surface area contributed by atoms with Crippen molar-refractivity contribution in [2.24, 2.45) is 5.92 Å². The normalized spacial score (nSPS) is 20.9. The molecule has 0 bridgehead atoms. The van der Waals surface area contributed by atoms with Crippen LogP contribution in [-0.4, -0.2) is 16.4 Å². The zero-order valence-corrected chi connectivity index (χ0v) is 12.3. The third-order valence-electron chi connectivity index (χ3n) is 4.66. The number of carbonyl (C=O) groups excluding carboxylic acids is 1. The molecule has 1 atom stereocenters. The lowest BCUT2D eigenvalue weighted by atomic mass is 9.86. The average molecular weight is 298 g/mol. The second-order valence-electron chi connectivity index (χ2n) is 6.02. The molecule has 114 valence electrons. The SMILES string of the molecule is N=C1CC2=C(CCCC2)C1CC(=O)c1ccc([N+](=O)[O-])cc1. The van der Waals surface area contributed by atoms with E-state index in [-0.39, 0.29) is 17.4 Å². The summed E-state index contributed by atoms with van der Waals surface area (Å²) in [5.74, 6) is -0.0815. The van der Waals surface area contributed by atoms with Crippen molar-refractivity contribution in [2.75, 3.05) is 0 Å². The van der Waals surface area contributed by atoms with Crippen molar-refractivity contribution in [3.8, 4) is 0 Å². The van der Waals surface area contributed by atoms with Crippen molar-refractivity contribution in [3.63, 3.8) is 0 Å². The molecule has 0 spiro atoms. The van der Waals surface area contributed by atoms with Crippen molar-refractivity contribution >= 4 is 17.2 Å². The number of rotatable bonds is 4. The van der Waals surface area contributed by atoms with Gasteiger partial charge in [-0.25, -0.2) is 0 Å². The van der Waals surface area contributed by atoms with E-state index in [1.165, 1.54) is 41.8 Å². The van der Waals surface area contributed by atoms with Crippen LogP contribution in [0.2, 0.25) is 0 Å². The maximum absolute atomic E-state index is 12.4. The van der Waals surface area contributed by atoms with Gasteiger partial charge in [0.15, 0.2) is 5.78 Å². The van der Waals surface area contributed by atoms with Gasteiger partial charge in [-0.1, -0.05) is 11.1 Å². The van der Waals surface area contributed by atoms with Crippen LogP contribution in [0.25, 0.3) is 0 Å². The van der Waals surface area contributed by atoms with E-state index in [9.17, 15) is 14.9 Å². The Hall–Kier alpha value is -2.30. The van der Waals surface area contributed by atoms with Crippen LogP contribution >= 0.6 is 0 Å². The van der Waals surface area contributed by atoms with Gasteiger partial charge in [-0.2, -0.15) is 0 Å². The van der Waals surface area contributed by atoms with Gasteiger partial charge >= 0.3 is 0 Å². The maximum Gasteiger partial charge on any atom is 0.269 e. The zero-order valence-electron chi connectivity index (χ0n) is 12.3. The van der Waals surface area contributed by atoms with Crippen LogP contribution < -0.4 is 0 Å². The summed E-state index contributed by atoms with van der Waals surface area (Å²) in [6, 6.07) is 5.74. The average Bonchev–Trinajstić information content (AvgIpc) is 2.83. The first-order valence-corrected chi connectivity index (χ1v) is 7.62. The highest BCUT2D eigenvalue weighted by Gasteiger charge is 2.32. The summed E-state index contributed by atoms with van der Waals surface area (Å²) >= 11 is 0. The fraction of sp³-hybridized carbons (Fsp3) is 0.412. The molecule has 0 aromatic heterocycles. The number of nitrogens with zero attached hydrogens (tertiary/aromatic N) is 1. The summed E-state index contributed by atoms with van der Waals surface area (Å²) in [5, 5.41) is 18.8. The minimum Gasteiger partial charge on any atom is -0.309 e.